The molecule has 0 amide bonds. The summed E-state index contributed by atoms with van der Waals surface area (Å²) in [5.41, 5.74) is 1.26. The predicted molar refractivity (Wildman–Crippen MR) is 72.1 cm³/mol. The molecule has 2 aromatic rings. The molecule has 6 heteroatoms. The van der Waals surface area contributed by atoms with E-state index in [4.69, 9.17) is 14.6 Å². The lowest BCUT2D eigenvalue weighted by Gasteiger charge is -2.03. The number of rotatable bonds is 5. The standard InChI is InChI=1S/C14H15NO5/c1-3-20-14(18)13-10(7-12(16)17)9-6-8(19-2)4-5-11(9)15-13/h4-6,15H,3,7H2,1-2H3,(H,16,17). The fourth-order valence-electron chi connectivity index (χ4n) is 2.07. The van der Waals surface area contributed by atoms with E-state index in [0.29, 0.717) is 22.2 Å². The van der Waals surface area contributed by atoms with Crippen LogP contribution < -0.4 is 4.74 Å². The summed E-state index contributed by atoms with van der Waals surface area (Å²) >= 11 is 0. The third-order valence-electron chi connectivity index (χ3n) is 2.92. The van der Waals surface area contributed by atoms with Crippen molar-refractivity contribution >= 4 is 22.8 Å². The van der Waals surface area contributed by atoms with Gasteiger partial charge in [-0.3, -0.25) is 4.79 Å². The number of hydrogen-bond acceptors (Lipinski definition) is 4. The Bertz CT molecular complexity index is 659. The van der Waals surface area contributed by atoms with Crippen molar-refractivity contribution in [2.75, 3.05) is 13.7 Å². The van der Waals surface area contributed by atoms with Gasteiger partial charge in [0.15, 0.2) is 0 Å². The smallest absolute Gasteiger partial charge is 0.355 e. The van der Waals surface area contributed by atoms with Gasteiger partial charge in [0.2, 0.25) is 0 Å². The first-order valence-corrected chi connectivity index (χ1v) is 6.14. The molecular weight excluding hydrogens is 262 g/mol. The van der Waals surface area contributed by atoms with Crippen LogP contribution in [0.15, 0.2) is 18.2 Å². The van der Waals surface area contributed by atoms with Gasteiger partial charge in [-0.25, -0.2) is 4.79 Å². The number of benzene rings is 1. The van der Waals surface area contributed by atoms with Crippen molar-refractivity contribution in [3.05, 3.63) is 29.5 Å². The third kappa shape index (κ3) is 2.59. The first-order chi connectivity index (χ1) is 9.56. The summed E-state index contributed by atoms with van der Waals surface area (Å²) in [6.45, 7) is 1.92. The fourth-order valence-corrected chi connectivity index (χ4v) is 2.07. The predicted octanol–water partition coefficient (Wildman–Crippen LogP) is 1.98. The molecule has 1 heterocycles. The molecule has 0 atom stereocenters. The van der Waals surface area contributed by atoms with E-state index >= 15 is 0 Å². The summed E-state index contributed by atoms with van der Waals surface area (Å²) in [6.07, 6.45) is -0.263. The molecule has 0 saturated carbocycles. The molecule has 1 aromatic heterocycles. The molecule has 0 bridgehead atoms. The molecule has 20 heavy (non-hydrogen) atoms. The van der Waals surface area contributed by atoms with E-state index in [0.717, 1.165) is 0 Å². The molecule has 0 fully saturated rings. The molecule has 0 aliphatic rings. The number of esters is 1. The molecule has 0 unspecified atom stereocenters. The van der Waals surface area contributed by atoms with Crippen molar-refractivity contribution < 1.29 is 24.2 Å². The van der Waals surface area contributed by atoms with Crippen molar-refractivity contribution in [1.82, 2.24) is 4.98 Å². The largest absolute Gasteiger partial charge is 0.497 e. The monoisotopic (exact) mass is 277 g/mol. The molecule has 0 radical (unpaired) electrons. The van der Waals surface area contributed by atoms with Crippen LogP contribution in [0.3, 0.4) is 0 Å². The van der Waals surface area contributed by atoms with Gasteiger partial charge in [0, 0.05) is 16.5 Å². The SMILES string of the molecule is CCOC(=O)c1[nH]c2ccc(OC)cc2c1CC(=O)O. The number of aliphatic carboxylic acids is 1. The van der Waals surface area contributed by atoms with Gasteiger partial charge in [-0.2, -0.15) is 0 Å². The second-order valence-corrected chi connectivity index (χ2v) is 4.18. The summed E-state index contributed by atoms with van der Waals surface area (Å²) in [5, 5.41) is 9.66. The number of nitrogens with one attached hydrogen (secondary N) is 1. The second-order valence-electron chi connectivity index (χ2n) is 4.18. The zero-order chi connectivity index (χ0) is 14.7. The van der Waals surface area contributed by atoms with E-state index in [1.807, 2.05) is 0 Å². The van der Waals surface area contributed by atoms with Crippen LogP contribution in [0, 0.1) is 0 Å². The van der Waals surface area contributed by atoms with Crippen LogP contribution >= 0.6 is 0 Å². The minimum atomic E-state index is -1.01. The van der Waals surface area contributed by atoms with Gasteiger partial charge in [-0.15, -0.1) is 0 Å². The van der Waals surface area contributed by atoms with Crippen LogP contribution in [-0.4, -0.2) is 35.7 Å². The van der Waals surface area contributed by atoms with Crippen LogP contribution in [0.1, 0.15) is 23.0 Å². The number of aromatic nitrogens is 1. The average Bonchev–Trinajstić information content (AvgIpc) is 2.76. The Hall–Kier alpha value is -2.50. The van der Waals surface area contributed by atoms with Crippen LogP contribution in [0.5, 0.6) is 5.75 Å². The lowest BCUT2D eigenvalue weighted by molar-refractivity contribution is -0.136. The molecular formula is C14H15NO5. The van der Waals surface area contributed by atoms with E-state index in [1.165, 1.54) is 7.11 Å². The first-order valence-electron chi connectivity index (χ1n) is 6.14. The second kappa shape index (κ2) is 5.64. The third-order valence-corrected chi connectivity index (χ3v) is 2.92. The van der Waals surface area contributed by atoms with Crippen LogP contribution in [0.2, 0.25) is 0 Å². The van der Waals surface area contributed by atoms with Gasteiger partial charge in [-0.05, 0) is 25.1 Å². The Morgan fingerprint density at radius 3 is 2.70 bits per heavy atom. The number of H-pyrrole nitrogens is 1. The normalized spacial score (nSPS) is 10.5. The van der Waals surface area contributed by atoms with E-state index in [-0.39, 0.29) is 18.7 Å². The fraction of sp³-hybridized carbons (Fsp3) is 0.286. The number of aromatic amines is 1. The highest BCUT2D eigenvalue weighted by Gasteiger charge is 2.21. The van der Waals surface area contributed by atoms with Gasteiger partial charge in [0.25, 0.3) is 0 Å². The Labute approximate surface area is 115 Å². The van der Waals surface area contributed by atoms with Crippen molar-refractivity contribution in [2.24, 2.45) is 0 Å². The zero-order valence-corrected chi connectivity index (χ0v) is 11.2. The summed E-state index contributed by atoms with van der Waals surface area (Å²) < 4.78 is 10.1. The molecule has 0 aliphatic carbocycles. The quantitative estimate of drug-likeness (QED) is 0.816. The molecule has 1 aromatic carbocycles. The van der Waals surface area contributed by atoms with Crippen molar-refractivity contribution in [2.45, 2.75) is 13.3 Å². The van der Waals surface area contributed by atoms with Crippen molar-refractivity contribution in [3.8, 4) is 5.75 Å². The highest BCUT2D eigenvalue weighted by atomic mass is 16.5. The highest BCUT2D eigenvalue weighted by molar-refractivity contribution is 6.00. The number of hydrogen-bond donors (Lipinski definition) is 2. The Morgan fingerprint density at radius 2 is 2.10 bits per heavy atom. The summed E-state index contributed by atoms with van der Waals surface area (Å²) in [7, 11) is 1.52. The Kier molecular flexibility index (Phi) is 3.93. The summed E-state index contributed by atoms with van der Waals surface area (Å²) in [5.74, 6) is -0.975. The lowest BCUT2D eigenvalue weighted by atomic mass is 10.1. The number of carboxylic acid groups (broad SMARTS) is 1. The maximum absolute atomic E-state index is 11.9. The molecule has 0 aliphatic heterocycles. The van der Waals surface area contributed by atoms with Crippen LogP contribution in [0.25, 0.3) is 10.9 Å². The van der Waals surface area contributed by atoms with Crippen LogP contribution in [0.4, 0.5) is 0 Å². The van der Waals surface area contributed by atoms with Crippen molar-refractivity contribution in [1.29, 1.82) is 0 Å². The van der Waals surface area contributed by atoms with E-state index < -0.39 is 11.9 Å². The molecule has 0 saturated heterocycles. The highest BCUT2D eigenvalue weighted by Crippen LogP contribution is 2.27. The van der Waals surface area contributed by atoms with Gasteiger partial charge in [0.1, 0.15) is 11.4 Å². The van der Waals surface area contributed by atoms with Gasteiger partial charge < -0.3 is 19.6 Å². The van der Waals surface area contributed by atoms with E-state index in [9.17, 15) is 9.59 Å². The molecule has 6 nitrogen and oxygen atoms in total. The van der Waals surface area contributed by atoms with Gasteiger partial charge >= 0.3 is 11.9 Å². The average molecular weight is 277 g/mol. The maximum Gasteiger partial charge on any atom is 0.355 e. The number of carbonyl (C=O) groups is 2. The van der Waals surface area contributed by atoms with Gasteiger partial charge in [0.05, 0.1) is 20.1 Å². The van der Waals surface area contributed by atoms with Crippen LogP contribution in [-0.2, 0) is 16.0 Å². The number of methoxy groups -OCH3 is 1. The number of carboxylic acids is 1. The number of ether oxygens (including phenoxy) is 2. The molecule has 2 rings (SSSR count). The zero-order valence-electron chi connectivity index (χ0n) is 11.2. The number of fused-ring (bicyclic) bond motifs is 1. The minimum Gasteiger partial charge on any atom is -0.497 e. The van der Waals surface area contributed by atoms with Crippen molar-refractivity contribution in [3.63, 3.8) is 0 Å². The van der Waals surface area contributed by atoms with E-state index in [1.54, 1.807) is 25.1 Å². The minimum absolute atomic E-state index is 0.178. The van der Waals surface area contributed by atoms with Gasteiger partial charge in [-0.1, -0.05) is 0 Å². The maximum atomic E-state index is 11.9. The first kappa shape index (κ1) is 13.9. The molecule has 2 N–H and O–H groups in total. The lowest BCUT2D eigenvalue weighted by Crippen LogP contribution is -2.10. The molecule has 106 valence electrons. The molecule has 0 spiro atoms. The summed E-state index contributed by atoms with van der Waals surface area (Å²) in [4.78, 5) is 25.8. The Balaban J connectivity index is 2.60. The number of carbonyl (C=O) groups excluding carboxylic acids is 1. The summed E-state index contributed by atoms with van der Waals surface area (Å²) in [6, 6.07) is 5.17. The Morgan fingerprint density at radius 1 is 1.35 bits per heavy atom. The van der Waals surface area contributed by atoms with E-state index in [2.05, 4.69) is 4.98 Å². The topological polar surface area (TPSA) is 88.6 Å².